The van der Waals surface area contributed by atoms with Crippen molar-refractivity contribution in [2.75, 3.05) is 6.61 Å². The van der Waals surface area contributed by atoms with Gasteiger partial charge in [-0.1, -0.05) is 52.9 Å². The molecule has 1 spiro atoms. The topological polar surface area (TPSA) is 33.7 Å². The zero-order chi connectivity index (χ0) is 18.2. The molecule has 0 radical (unpaired) electrons. The average molecular weight is 341 g/mol. The second-order valence-electron chi connectivity index (χ2n) is 9.94. The first-order valence-electron chi connectivity index (χ1n) is 9.87. The first-order chi connectivity index (χ1) is 11.0. The molecule has 142 valence electrons. The summed E-state index contributed by atoms with van der Waals surface area (Å²) in [6.45, 7) is 18.6. The molecule has 0 amide bonds. The van der Waals surface area contributed by atoms with Crippen LogP contribution in [0.25, 0.3) is 0 Å². The molecule has 2 heterocycles. The molecule has 4 heteroatoms. The number of nitrogens with one attached hydrogen (secondary N) is 1. The van der Waals surface area contributed by atoms with Gasteiger partial charge in [0.2, 0.25) is 0 Å². The van der Waals surface area contributed by atoms with Gasteiger partial charge in [-0.05, 0) is 41.0 Å². The van der Waals surface area contributed by atoms with Crippen LogP contribution in [-0.4, -0.2) is 34.7 Å². The van der Waals surface area contributed by atoms with E-state index in [2.05, 4.69) is 65.8 Å². The number of nitrogens with zero attached hydrogens (tertiary/aromatic N) is 1. The molecule has 2 atom stereocenters. The fraction of sp³-hybridized carbons (Fsp3) is 1.00. The summed E-state index contributed by atoms with van der Waals surface area (Å²) >= 11 is 0. The van der Waals surface area contributed by atoms with Gasteiger partial charge in [-0.2, -0.15) is 5.06 Å². The Hall–Kier alpha value is -0.160. The molecule has 0 aromatic carbocycles. The highest BCUT2D eigenvalue weighted by Gasteiger charge is 2.66. The number of unbranched alkanes of at least 4 members (excludes halogenated alkanes) is 4. The van der Waals surface area contributed by atoms with Crippen LogP contribution in [0.5, 0.6) is 0 Å². The summed E-state index contributed by atoms with van der Waals surface area (Å²) in [4.78, 5) is 6.52. The van der Waals surface area contributed by atoms with Crippen molar-refractivity contribution in [2.24, 2.45) is 5.41 Å². The summed E-state index contributed by atoms with van der Waals surface area (Å²) in [5.41, 5.74) is -0.220. The maximum atomic E-state index is 6.52. The third kappa shape index (κ3) is 3.82. The molecule has 24 heavy (non-hydrogen) atoms. The summed E-state index contributed by atoms with van der Waals surface area (Å²) in [5, 5.41) is 5.86. The van der Waals surface area contributed by atoms with Gasteiger partial charge in [0, 0.05) is 17.1 Å². The molecule has 1 N–H and O–H groups in total. The van der Waals surface area contributed by atoms with E-state index in [1.165, 1.54) is 32.1 Å². The molecule has 0 bridgehead atoms. The molecule has 0 aromatic rings. The molecule has 0 saturated carbocycles. The number of rotatable bonds is 6. The lowest BCUT2D eigenvalue weighted by atomic mass is 9.77. The first kappa shape index (κ1) is 20.2. The summed E-state index contributed by atoms with van der Waals surface area (Å²) < 4.78 is 6.26. The largest absolute Gasteiger partial charge is 0.334 e. The van der Waals surface area contributed by atoms with E-state index in [1.807, 2.05) is 0 Å². The van der Waals surface area contributed by atoms with Gasteiger partial charge in [-0.3, -0.25) is 5.32 Å². The normalized spacial score (nSPS) is 32.8. The van der Waals surface area contributed by atoms with Gasteiger partial charge in [-0.15, -0.1) is 0 Å². The van der Waals surface area contributed by atoms with Crippen molar-refractivity contribution in [2.45, 2.75) is 117 Å². The molecule has 2 aliphatic heterocycles. The monoisotopic (exact) mass is 340 g/mol. The Balaban J connectivity index is 2.16. The van der Waals surface area contributed by atoms with Crippen molar-refractivity contribution in [1.82, 2.24) is 10.4 Å². The number of hydroxylamine groups is 2. The van der Waals surface area contributed by atoms with Crippen LogP contribution in [0.2, 0.25) is 0 Å². The second-order valence-corrected chi connectivity index (χ2v) is 9.94. The number of hydrogen-bond donors (Lipinski definition) is 1. The predicted octanol–water partition coefficient (Wildman–Crippen LogP) is 4.84. The van der Waals surface area contributed by atoms with Crippen LogP contribution in [0.1, 0.15) is 93.9 Å². The minimum absolute atomic E-state index is 0.0490. The quantitative estimate of drug-likeness (QED) is 0.702. The van der Waals surface area contributed by atoms with E-state index in [0.29, 0.717) is 12.6 Å². The van der Waals surface area contributed by atoms with E-state index in [9.17, 15) is 0 Å². The maximum Gasteiger partial charge on any atom is 0.252 e. The summed E-state index contributed by atoms with van der Waals surface area (Å²) in [6, 6.07) is 0.348. The van der Waals surface area contributed by atoms with Crippen LogP contribution in [0.4, 0.5) is 0 Å². The zero-order valence-corrected chi connectivity index (χ0v) is 17.3. The lowest BCUT2D eigenvalue weighted by Crippen LogP contribution is -2.57. The van der Waals surface area contributed by atoms with E-state index in [4.69, 9.17) is 9.57 Å². The molecule has 2 saturated heterocycles. The van der Waals surface area contributed by atoms with Crippen LogP contribution in [-0.2, 0) is 9.57 Å². The van der Waals surface area contributed by atoms with Crippen molar-refractivity contribution in [3.8, 4) is 0 Å². The number of hydrogen-bond acceptors (Lipinski definition) is 4. The Morgan fingerprint density at radius 3 is 2.17 bits per heavy atom. The lowest BCUT2D eigenvalue weighted by Gasteiger charge is -2.38. The highest BCUT2D eigenvalue weighted by atomic mass is 16.8. The molecule has 0 aliphatic carbocycles. The SMILES string of the molecule is CCCCCCCC1N(C(C)(C)C)OC2(NC(C)(C)CO2)C1(C)C. The first-order valence-corrected chi connectivity index (χ1v) is 9.87. The molecule has 2 rings (SSSR count). The van der Waals surface area contributed by atoms with E-state index < -0.39 is 5.91 Å². The third-order valence-electron chi connectivity index (χ3n) is 5.57. The van der Waals surface area contributed by atoms with Crippen LogP contribution >= 0.6 is 0 Å². The van der Waals surface area contributed by atoms with Crippen molar-refractivity contribution < 1.29 is 9.57 Å². The molecule has 2 aliphatic rings. The fourth-order valence-electron chi connectivity index (χ4n) is 4.05. The summed E-state index contributed by atoms with van der Waals surface area (Å²) in [5.74, 6) is -0.710. The maximum absolute atomic E-state index is 6.52. The Morgan fingerprint density at radius 1 is 1.04 bits per heavy atom. The van der Waals surface area contributed by atoms with Gasteiger partial charge in [0.05, 0.1) is 12.0 Å². The van der Waals surface area contributed by atoms with E-state index >= 15 is 0 Å². The molecule has 2 fully saturated rings. The van der Waals surface area contributed by atoms with Crippen molar-refractivity contribution in [3.05, 3.63) is 0 Å². The summed E-state index contributed by atoms with van der Waals surface area (Å²) in [7, 11) is 0. The van der Waals surface area contributed by atoms with Crippen LogP contribution in [0.3, 0.4) is 0 Å². The zero-order valence-electron chi connectivity index (χ0n) is 17.3. The Kier molecular flexibility index (Phi) is 5.76. The van der Waals surface area contributed by atoms with Gasteiger partial charge < -0.3 is 4.74 Å². The van der Waals surface area contributed by atoms with Gasteiger partial charge in [-0.25, -0.2) is 4.84 Å². The third-order valence-corrected chi connectivity index (χ3v) is 5.57. The summed E-state index contributed by atoms with van der Waals surface area (Å²) in [6.07, 6.45) is 7.70. The van der Waals surface area contributed by atoms with Gasteiger partial charge in [0.1, 0.15) is 0 Å². The van der Waals surface area contributed by atoms with E-state index in [-0.39, 0.29) is 16.5 Å². The smallest absolute Gasteiger partial charge is 0.252 e. The van der Waals surface area contributed by atoms with Crippen molar-refractivity contribution in [1.29, 1.82) is 0 Å². The number of ether oxygens (including phenoxy) is 1. The highest BCUT2D eigenvalue weighted by molar-refractivity contribution is 5.06. The van der Waals surface area contributed by atoms with Crippen LogP contribution < -0.4 is 5.32 Å². The average Bonchev–Trinajstić information content (AvgIpc) is 2.86. The Labute approximate surface area is 149 Å². The second kappa shape index (κ2) is 6.86. The van der Waals surface area contributed by atoms with Crippen molar-refractivity contribution >= 4 is 0 Å². The lowest BCUT2D eigenvalue weighted by molar-refractivity contribution is -0.334. The van der Waals surface area contributed by atoms with Crippen LogP contribution in [0.15, 0.2) is 0 Å². The molecule has 0 aromatic heterocycles. The Bertz CT molecular complexity index is 428. The van der Waals surface area contributed by atoms with Crippen molar-refractivity contribution in [3.63, 3.8) is 0 Å². The fourth-order valence-corrected chi connectivity index (χ4v) is 4.05. The van der Waals surface area contributed by atoms with Gasteiger partial charge in [0.25, 0.3) is 5.91 Å². The van der Waals surface area contributed by atoms with Gasteiger partial charge >= 0.3 is 0 Å². The molecular weight excluding hydrogens is 300 g/mol. The standard InChI is InChI=1S/C20H40N2O2/c1-9-10-11-12-13-14-16-19(7,8)20(21-18(5,6)15-23-20)24-22(16)17(2,3)4/h16,21H,9-15H2,1-8H3. The predicted molar refractivity (Wildman–Crippen MR) is 99.5 cm³/mol. The highest BCUT2D eigenvalue weighted by Crippen LogP contribution is 2.52. The minimum Gasteiger partial charge on any atom is -0.334 e. The van der Waals surface area contributed by atoms with Gasteiger partial charge in [0.15, 0.2) is 0 Å². The minimum atomic E-state index is -0.710. The molecular formula is C20H40N2O2. The van der Waals surface area contributed by atoms with Crippen LogP contribution in [0, 0.1) is 5.41 Å². The molecule has 2 unspecified atom stereocenters. The molecule has 4 nitrogen and oxygen atoms in total. The Morgan fingerprint density at radius 2 is 1.67 bits per heavy atom. The van der Waals surface area contributed by atoms with E-state index in [0.717, 1.165) is 6.42 Å². The van der Waals surface area contributed by atoms with E-state index in [1.54, 1.807) is 0 Å².